The summed E-state index contributed by atoms with van der Waals surface area (Å²) in [6.45, 7) is 0. The van der Waals surface area contributed by atoms with Crippen molar-refractivity contribution in [2.24, 2.45) is 0 Å². The van der Waals surface area contributed by atoms with Crippen molar-refractivity contribution in [1.82, 2.24) is 5.16 Å². The standard InChI is InChI=1S/C12H9ClFNO5/c1-18-7-3-5(13)10(14)9(11(7)19-2)6-4-8(12(16)17)20-15-6/h3-4H,1-2H3,(H,16,17). The molecule has 0 aliphatic heterocycles. The molecule has 1 N–H and O–H groups in total. The first kappa shape index (κ1) is 14.1. The first-order valence-electron chi connectivity index (χ1n) is 5.30. The van der Waals surface area contributed by atoms with E-state index in [0.717, 1.165) is 6.07 Å². The third-order valence-electron chi connectivity index (χ3n) is 2.54. The van der Waals surface area contributed by atoms with E-state index in [0.29, 0.717) is 0 Å². The highest BCUT2D eigenvalue weighted by Crippen LogP contribution is 2.42. The van der Waals surface area contributed by atoms with Gasteiger partial charge in [-0.1, -0.05) is 16.8 Å². The van der Waals surface area contributed by atoms with Gasteiger partial charge in [0.2, 0.25) is 5.76 Å². The normalized spacial score (nSPS) is 10.4. The molecule has 0 spiro atoms. The van der Waals surface area contributed by atoms with Gasteiger partial charge in [-0.15, -0.1) is 0 Å². The van der Waals surface area contributed by atoms with E-state index in [2.05, 4.69) is 9.68 Å². The fourth-order valence-electron chi connectivity index (χ4n) is 1.66. The highest BCUT2D eigenvalue weighted by molar-refractivity contribution is 6.31. The molecule has 106 valence electrons. The van der Waals surface area contributed by atoms with E-state index in [9.17, 15) is 9.18 Å². The van der Waals surface area contributed by atoms with Crippen LogP contribution in [-0.2, 0) is 0 Å². The Bertz CT molecular complexity index is 670. The molecule has 0 saturated heterocycles. The van der Waals surface area contributed by atoms with E-state index in [1.54, 1.807) is 0 Å². The first-order chi connectivity index (χ1) is 9.49. The lowest BCUT2D eigenvalue weighted by atomic mass is 10.1. The summed E-state index contributed by atoms with van der Waals surface area (Å²) >= 11 is 5.76. The van der Waals surface area contributed by atoms with E-state index < -0.39 is 17.5 Å². The predicted octanol–water partition coefficient (Wildman–Crippen LogP) is 2.85. The molecule has 0 aliphatic rings. The van der Waals surface area contributed by atoms with Gasteiger partial charge in [-0.2, -0.15) is 0 Å². The second kappa shape index (κ2) is 5.38. The maximum absolute atomic E-state index is 14.2. The summed E-state index contributed by atoms with van der Waals surface area (Å²) in [6, 6.07) is 2.32. The number of methoxy groups -OCH3 is 2. The van der Waals surface area contributed by atoms with Crippen molar-refractivity contribution >= 4 is 17.6 Å². The number of carboxylic acid groups (broad SMARTS) is 1. The number of ether oxygens (including phenoxy) is 2. The number of nitrogens with zero attached hydrogens (tertiary/aromatic N) is 1. The molecule has 1 heterocycles. The molecular weight excluding hydrogens is 293 g/mol. The highest BCUT2D eigenvalue weighted by atomic mass is 35.5. The SMILES string of the molecule is COc1cc(Cl)c(F)c(-c2cc(C(=O)O)on2)c1OC. The van der Waals surface area contributed by atoms with E-state index in [1.165, 1.54) is 20.3 Å². The van der Waals surface area contributed by atoms with Crippen LogP contribution in [0.2, 0.25) is 5.02 Å². The monoisotopic (exact) mass is 301 g/mol. The molecular formula is C12H9ClFNO5. The van der Waals surface area contributed by atoms with Gasteiger partial charge >= 0.3 is 5.97 Å². The van der Waals surface area contributed by atoms with Crippen molar-refractivity contribution in [2.75, 3.05) is 14.2 Å². The molecule has 1 aromatic heterocycles. The number of aromatic nitrogens is 1. The van der Waals surface area contributed by atoms with Crippen LogP contribution < -0.4 is 9.47 Å². The predicted molar refractivity (Wildman–Crippen MR) is 67.0 cm³/mol. The summed E-state index contributed by atoms with van der Waals surface area (Å²) < 4.78 is 28.9. The quantitative estimate of drug-likeness (QED) is 0.935. The zero-order chi connectivity index (χ0) is 14.9. The Morgan fingerprint density at radius 3 is 2.60 bits per heavy atom. The third kappa shape index (κ3) is 2.27. The number of benzene rings is 1. The molecule has 0 atom stereocenters. The van der Waals surface area contributed by atoms with Crippen molar-refractivity contribution in [3.05, 3.63) is 28.7 Å². The van der Waals surface area contributed by atoms with Crippen molar-refractivity contribution in [2.45, 2.75) is 0 Å². The van der Waals surface area contributed by atoms with Gasteiger partial charge in [0.1, 0.15) is 5.69 Å². The van der Waals surface area contributed by atoms with E-state index in [4.69, 9.17) is 26.2 Å². The fraction of sp³-hybridized carbons (Fsp3) is 0.167. The molecule has 8 heteroatoms. The van der Waals surface area contributed by atoms with E-state index in [-0.39, 0.29) is 27.8 Å². The summed E-state index contributed by atoms with van der Waals surface area (Å²) in [4.78, 5) is 10.8. The van der Waals surface area contributed by atoms with Crippen LogP contribution in [0.25, 0.3) is 11.3 Å². The second-order valence-corrected chi connectivity index (χ2v) is 4.07. The average molecular weight is 302 g/mol. The van der Waals surface area contributed by atoms with Gasteiger partial charge in [0.05, 0.1) is 24.8 Å². The minimum atomic E-state index is -1.32. The van der Waals surface area contributed by atoms with Crippen molar-refractivity contribution < 1.29 is 28.3 Å². The number of carbonyl (C=O) groups is 1. The summed E-state index contributed by atoms with van der Waals surface area (Å²) in [7, 11) is 2.67. The van der Waals surface area contributed by atoms with Gasteiger partial charge in [0.15, 0.2) is 17.3 Å². The van der Waals surface area contributed by atoms with Crippen molar-refractivity contribution in [3.63, 3.8) is 0 Å². The number of hydrogen-bond donors (Lipinski definition) is 1. The molecule has 0 radical (unpaired) electrons. The van der Waals surface area contributed by atoms with Crippen LogP contribution in [0.3, 0.4) is 0 Å². The van der Waals surface area contributed by atoms with Crippen molar-refractivity contribution in [3.8, 4) is 22.8 Å². The Morgan fingerprint density at radius 1 is 1.40 bits per heavy atom. The zero-order valence-electron chi connectivity index (χ0n) is 10.4. The molecule has 2 aromatic rings. The Hall–Kier alpha value is -2.28. The summed E-state index contributed by atoms with van der Waals surface area (Å²) in [5.74, 6) is -2.33. The Balaban J connectivity index is 2.70. The third-order valence-corrected chi connectivity index (χ3v) is 2.81. The highest BCUT2D eigenvalue weighted by Gasteiger charge is 2.24. The lowest BCUT2D eigenvalue weighted by Crippen LogP contribution is -1.97. The molecule has 0 amide bonds. The van der Waals surface area contributed by atoms with Gasteiger partial charge in [-0.05, 0) is 0 Å². The van der Waals surface area contributed by atoms with Crippen LogP contribution in [0, 0.1) is 5.82 Å². The van der Waals surface area contributed by atoms with Crippen LogP contribution in [0.5, 0.6) is 11.5 Å². The Kier molecular flexibility index (Phi) is 3.80. The average Bonchev–Trinajstić information content (AvgIpc) is 2.90. The molecule has 0 bridgehead atoms. The second-order valence-electron chi connectivity index (χ2n) is 3.66. The van der Waals surface area contributed by atoms with Crippen LogP contribution in [0.15, 0.2) is 16.7 Å². The van der Waals surface area contributed by atoms with E-state index >= 15 is 0 Å². The molecule has 0 aliphatic carbocycles. The van der Waals surface area contributed by atoms with Gasteiger partial charge in [-0.25, -0.2) is 9.18 Å². The molecule has 2 rings (SSSR count). The van der Waals surface area contributed by atoms with Crippen molar-refractivity contribution in [1.29, 1.82) is 0 Å². The molecule has 6 nitrogen and oxygen atoms in total. The summed E-state index contributed by atoms with van der Waals surface area (Å²) in [5, 5.41) is 12.1. The molecule has 0 fully saturated rings. The Morgan fingerprint density at radius 2 is 2.10 bits per heavy atom. The topological polar surface area (TPSA) is 81.8 Å². The lowest BCUT2D eigenvalue weighted by Gasteiger charge is -2.12. The lowest BCUT2D eigenvalue weighted by molar-refractivity contribution is 0.0652. The maximum Gasteiger partial charge on any atom is 0.374 e. The number of carboxylic acids is 1. The molecule has 1 aromatic carbocycles. The minimum absolute atomic E-state index is 0.0413. The summed E-state index contributed by atoms with van der Waals surface area (Å²) in [5.41, 5.74) is -0.189. The number of rotatable bonds is 4. The summed E-state index contributed by atoms with van der Waals surface area (Å²) in [6.07, 6.45) is 0. The molecule has 0 saturated carbocycles. The minimum Gasteiger partial charge on any atom is -0.493 e. The van der Waals surface area contributed by atoms with Crippen LogP contribution in [-0.4, -0.2) is 30.5 Å². The molecule has 0 unspecified atom stereocenters. The largest absolute Gasteiger partial charge is 0.493 e. The van der Waals surface area contributed by atoms with Gasteiger partial charge in [0.25, 0.3) is 0 Å². The van der Waals surface area contributed by atoms with Crippen LogP contribution in [0.4, 0.5) is 4.39 Å². The van der Waals surface area contributed by atoms with Crippen LogP contribution in [0.1, 0.15) is 10.6 Å². The smallest absolute Gasteiger partial charge is 0.374 e. The fourth-order valence-corrected chi connectivity index (χ4v) is 1.86. The number of hydrogen-bond acceptors (Lipinski definition) is 5. The van der Waals surface area contributed by atoms with Gasteiger partial charge in [-0.3, -0.25) is 0 Å². The maximum atomic E-state index is 14.2. The van der Waals surface area contributed by atoms with E-state index in [1.807, 2.05) is 0 Å². The van der Waals surface area contributed by atoms with Crippen LogP contribution >= 0.6 is 11.6 Å². The van der Waals surface area contributed by atoms with Gasteiger partial charge in [0, 0.05) is 12.1 Å². The number of aromatic carboxylic acids is 1. The zero-order valence-corrected chi connectivity index (χ0v) is 11.2. The number of halogens is 2. The van der Waals surface area contributed by atoms with Gasteiger partial charge < -0.3 is 19.1 Å². The Labute approximate surface area is 117 Å². The first-order valence-corrected chi connectivity index (χ1v) is 5.67. The molecule has 20 heavy (non-hydrogen) atoms.